The number of rotatable bonds is 5. The van der Waals surface area contributed by atoms with Crippen molar-refractivity contribution in [3.63, 3.8) is 0 Å². The average molecular weight is 496 g/mol. The molecule has 0 saturated carbocycles. The second-order valence-electron chi connectivity index (χ2n) is 10.9. The van der Waals surface area contributed by atoms with Gasteiger partial charge in [-0.25, -0.2) is 4.98 Å². The Bertz CT molecular complexity index is 1450. The lowest BCUT2D eigenvalue weighted by molar-refractivity contribution is 0.00578. The highest BCUT2D eigenvalue weighted by Gasteiger charge is 2.52. The van der Waals surface area contributed by atoms with Gasteiger partial charge < -0.3 is 19.4 Å². The molecule has 4 heterocycles. The Morgan fingerprint density at radius 2 is 1.73 bits per heavy atom. The van der Waals surface area contributed by atoms with E-state index in [0.29, 0.717) is 25.7 Å². The number of ether oxygens (including phenoxy) is 1. The molecule has 37 heavy (non-hydrogen) atoms. The monoisotopic (exact) mass is 496 g/mol. The molecule has 0 bridgehead atoms. The third kappa shape index (κ3) is 4.23. The van der Waals surface area contributed by atoms with Crippen molar-refractivity contribution in [1.82, 2.24) is 14.5 Å². The van der Waals surface area contributed by atoms with Crippen molar-refractivity contribution in [2.24, 2.45) is 0 Å². The molecule has 190 valence electrons. The highest BCUT2D eigenvalue weighted by Crippen LogP contribution is 2.37. The van der Waals surface area contributed by atoms with Crippen molar-refractivity contribution in [3.8, 4) is 5.95 Å². The average Bonchev–Trinajstić information content (AvgIpc) is 3.33. The van der Waals surface area contributed by atoms with Crippen LogP contribution in [0.3, 0.4) is 0 Å². The van der Waals surface area contributed by atoms with Gasteiger partial charge in [-0.3, -0.25) is 4.57 Å². The summed E-state index contributed by atoms with van der Waals surface area (Å²) in [7, 11) is -0.436. The summed E-state index contributed by atoms with van der Waals surface area (Å²) in [6.45, 7) is 12.3. The van der Waals surface area contributed by atoms with Gasteiger partial charge in [0.05, 0.1) is 35.6 Å². The van der Waals surface area contributed by atoms with Gasteiger partial charge in [0.15, 0.2) is 0 Å². The number of nitrogens with one attached hydrogen (secondary N) is 1. The molecule has 8 heteroatoms. The first-order valence-corrected chi connectivity index (χ1v) is 13.0. The molecule has 6 rings (SSSR count). The lowest BCUT2D eigenvalue weighted by Crippen LogP contribution is -2.41. The van der Waals surface area contributed by atoms with E-state index in [1.807, 2.05) is 18.2 Å². The van der Waals surface area contributed by atoms with E-state index < -0.39 is 18.3 Å². The molecule has 0 unspecified atom stereocenters. The highest BCUT2D eigenvalue weighted by atomic mass is 16.7. The molecule has 1 saturated heterocycles. The Hall–Kier alpha value is -3.20. The van der Waals surface area contributed by atoms with Crippen molar-refractivity contribution in [2.75, 3.05) is 11.9 Å². The molecule has 1 N–H and O–H groups in total. The first-order chi connectivity index (χ1) is 17.7. The van der Waals surface area contributed by atoms with Crippen LogP contribution in [0.15, 0.2) is 54.6 Å². The van der Waals surface area contributed by atoms with Gasteiger partial charge in [-0.15, -0.1) is 0 Å². The number of fused-ring (bicyclic) bond motifs is 2. The Labute approximate surface area is 218 Å². The SMILES string of the molecule is Cc1cc2c(B3OC(C)(C)C(C)(C)O3)cccc2n1-c1nc2c(c(NCc3ccccc3)n1)COCC2. The van der Waals surface area contributed by atoms with E-state index in [1.54, 1.807) is 0 Å². The van der Waals surface area contributed by atoms with Gasteiger partial charge in [0.2, 0.25) is 5.95 Å². The fraction of sp³-hybridized carbons (Fsp3) is 0.379. The van der Waals surface area contributed by atoms with Gasteiger partial charge >= 0.3 is 7.12 Å². The quantitative estimate of drug-likeness (QED) is 0.404. The molecule has 0 atom stereocenters. The number of nitrogens with zero attached hydrogens (tertiary/aromatic N) is 3. The molecular weight excluding hydrogens is 463 g/mol. The second-order valence-corrected chi connectivity index (χ2v) is 10.9. The van der Waals surface area contributed by atoms with Crippen LogP contribution in [0.2, 0.25) is 0 Å². The molecule has 1 fully saturated rings. The lowest BCUT2D eigenvalue weighted by atomic mass is 9.77. The maximum absolute atomic E-state index is 6.39. The smallest absolute Gasteiger partial charge is 0.399 e. The molecule has 0 spiro atoms. The summed E-state index contributed by atoms with van der Waals surface area (Å²) in [5.41, 5.74) is 5.58. The zero-order valence-corrected chi connectivity index (χ0v) is 22.2. The van der Waals surface area contributed by atoms with Crippen LogP contribution in [-0.4, -0.2) is 39.5 Å². The summed E-state index contributed by atoms with van der Waals surface area (Å²) >= 11 is 0. The number of anilines is 1. The van der Waals surface area contributed by atoms with E-state index in [0.717, 1.165) is 45.6 Å². The Morgan fingerprint density at radius 3 is 2.49 bits per heavy atom. The van der Waals surface area contributed by atoms with Gasteiger partial charge in [0.1, 0.15) is 5.82 Å². The fourth-order valence-corrected chi connectivity index (χ4v) is 5.07. The Morgan fingerprint density at radius 1 is 0.973 bits per heavy atom. The van der Waals surface area contributed by atoms with Crippen molar-refractivity contribution in [2.45, 2.75) is 65.4 Å². The molecule has 2 aromatic heterocycles. The molecule has 7 nitrogen and oxygen atoms in total. The number of aromatic nitrogens is 3. The minimum absolute atomic E-state index is 0.402. The maximum Gasteiger partial charge on any atom is 0.495 e. The van der Waals surface area contributed by atoms with Gasteiger partial charge in [-0.1, -0.05) is 42.5 Å². The van der Waals surface area contributed by atoms with Crippen LogP contribution in [0.5, 0.6) is 0 Å². The summed E-state index contributed by atoms with van der Waals surface area (Å²) in [6.07, 6.45) is 0.766. The molecule has 2 aromatic carbocycles. The van der Waals surface area contributed by atoms with Crippen LogP contribution in [0.25, 0.3) is 16.9 Å². The molecule has 0 radical (unpaired) electrons. The number of hydrogen-bond donors (Lipinski definition) is 1. The first kappa shape index (κ1) is 24.2. The molecule has 0 aliphatic carbocycles. The van der Waals surface area contributed by atoms with E-state index in [1.165, 1.54) is 5.56 Å². The predicted octanol–water partition coefficient (Wildman–Crippen LogP) is 4.71. The van der Waals surface area contributed by atoms with Crippen LogP contribution < -0.4 is 10.8 Å². The van der Waals surface area contributed by atoms with Gasteiger partial charge in [0, 0.05) is 29.6 Å². The summed E-state index contributed by atoms with van der Waals surface area (Å²) < 4.78 is 20.7. The highest BCUT2D eigenvalue weighted by molar-refractivity contribution is 6.65. The van der Waals surface area contributed by atoms with Crippen molar-refractivity contribution in [3.05, 3.63) is 77.1 Å². The van der Waals surface area contributed by atoms with Crippen molar-refractivity contribution >= 4 is 29.3 Å². The molecule has 2 aliphatic heterocycles. The Kier molecular flexibility index (Phi) is 5.86. The topological polar surface area (TPSA) is 70.4 Å². The summed E-state index contributed by atoms with van der Waals surface area (Å²) in [5, 5.41) is 4.63. The van der Waals surface area contributed by atoms with Gasteiger partial charge in [-0.05, 0) is 57.8 Å². The van der Waals surface area contributed by atoms with Gasteiger partial charge in [0.25, 0.3) is 0 Å². The summed E-state index contributed by atoms with van der Waals surface area (Å²) in [5.74, 6) is 1.49. The zero-order chi connectivity index (χ0) is 25.8. The maximum atomic E-state index is 6.39. The molecule has 4 aromatic rings. The number of hydrogen-bond acceptors (Lipinski definition) is 6. The van der Waals surface area contributed by atoms with Crippen LogP contribution in [0, 0.1) is 6.92 Å². The Balaban J connectivity index is 1.42. The van der Waals surface area contributed by atoms with E-state index in [2.05, 4.69) is 80.9 Å². The summed E-state index contributed by atoms with van der Waals surface area (Å²) in [4.78, 5) is 10.1. The largest absolute Gasteiger partial charge is 0.495 e. The molecule has 0 amide bonds. The van der Waals surface area contributed by atoms with Crippen LogP contribution in [0.1, 0.15) is 50.2 Å². The van der Waals surface area contributed by atoms with Crippen LogP contribution in [0.4, 0.5) is 5.82 Å². The minimum Gasteiger partial charge on any atom is -0.399 e. The van der Waals surface area contributed by atoms with E-state index in [4.69, 9.17) is 24.0 Å². The third-order valence-electron chi connectivity index (χ3n) is 7.88. The standard InChI is InChI=1S/C29H33BN4O3/c1-19-16-21-23(30-36-28(2,3)29(4,5)37-30)12-9-13-25(21)34(19)27-32-24-14-15-35-18-22(24)26(33-27)31-17-20-10-7-6-8-11-20/h6-13,16H,14-15,17-18H2,1-5H3,(H,31,32,33). The minimum atomic E-state index is -0.436. The summed E-state index contributed by atoms with van der Waals surface area (Å²) in [6, 6.07) is 18.8. The van der Waals surface area contributed by atoms with Crippen LogP contribution >= 0.6 is 0 Å². The first-order valence-electron chi connectivity index (χ1n) is 13.0. The van der Waals surface area contributed by atoms with E-state index in [-0.39, 0.29) is 0 Å². The molecular formula is C29H33BN4O3. The molecule has 2 aliphatic rings. The van der Waals surface area contributed by atoms with Crippen LogP contribution in [-0.2, 0) is 33.6 Å². The van der Waals surface area contributed by atoms with Gasteiger partial charge in [-0.2, -0.15) is 4.98 Å². The zero-order valence-electron chi connectivity index (χ0n) is 22.2. The lowest BCUT2D eigenvalue weighted by Gasteiger charge is -2.32. The third-order valence-corrected chi connectivity index (χ3v) is 7.88. The fourth-order valence-electron chi connectivity index (χ4n) is 5.07. The van der Waals surface area contributed by atoms with Crippen molar-refractivity contribution < 1.29 is 14.0 Å². The van der Waals surface area contributed by atoms with E-state index in [9.17, 15) is 0 Å². The number of aryl methyl sites for hydroxylation is 1. The van der Waals surface area contributed by atoms with Crippen molar-refractivity contribution in [1.29, 1.82) is 0 Å². The normalized spacial score (nSPS) is 18.2. The second kappa shape index (κ2) is 8.98. The number of benzene rings is 2. The van der Waals surface area contributed by atoms with E-state index >= 15 is 0 Å². The predicted molar refractivity (Wildman–Crippen MR) is 146 cm³/mol.